The second-order valence-corrected chi connectivity index (χ2v) is 6.83. The zero-order chi connectivity index (χ0) is 13.8. The zero-order valence-corrected chi connectivity index (χ0v) is 12.6. The summed E-state index contributed by atoms with van der Waals surface area (Å²) in [5.41, 5.74) is 0. The maximum absolute atomic E-state index is 12.4. The summed E-state index contributed by atoms with van der Waals surface area (Å²) < 4.78 is 0. The van der Waals surface area contributed by atoms with E-state index in [0.29, 0.717) is 17.7 Å². The Bertz CT molecular complexity index is 360. The lowest BCUT2D eigenvalue weighted by Gasteiger charge is -2.35. The Morgan fingerprint density at radius 3 is 2.70 bits per heavy atom. The molecule has 3 nitrogen and oxygen atoms in total. The first kappa shape index (κ1) is 14.1. The molecule has 0 bridgehead atoms. The van der Waals surface area contributed by atoms with E-state index in [0.717, 1.165) is 25.9 Å². The second-order valence-electron chi connectivity index (χ2n) is 6.83. The molecule has 1 aliphatic carbocycles. The summed E-state index contributed by atoms with van der Waals surface area (Å²) in [5, 5.41) is 0. The van der Waals surface area contributed by atoms with E-state index >= 15 is 0 Å². The Morgan fingerprint density at radius 1 is 1.10 bits per heavy atom. The predicted octanol–water partition coefficient (Wildman–Crippen LogP) is 2.68. The number of carbonyl (C=O) groups excluding carboxylic acids is 1. The highest BCUT2D eigenvalue weighted by atomic mass is 16.2. The smallest absolute Gasteiger partial charge is 0.223 e. The molecule has 0 spiro atoms. The van der Waals surface area contributed by atoms with Crippen LogP contribution in [0.15, 0.2) is 12.2 Å². The van der Waals surface area contributed by atoms with Crippen molar-refractivity contribution in [2.75, 3.05) is 32.7 Å². The molecule has 1 amide bonds. The first-order chi connectivity index (χ1) is 9.81. The number of hydrogen-bond donors (Lipinski definition) is 0. The van der Waals surface area contributed by atoms with Crippen molar-refractivity contribution in [3.63, 3.8) is 0 Å². The summed E-state index contributed by atoms with van der Waals surface area (Å²) in [4.78, 5) is 17.2. The number of hydrogen-bond acceptors (Lipinski definition) is 2. The van der Waals surface area contributed by atoms with Gasteiger partial charge in [-0.25, -0.2) is 0 Å². The molecule has 2 aliphatic heterocycles. The maximum Gasteiger partial charge on any atom is 0.223 e. The molecular weight excluding hydrogens is 248 g/mol. The Kier molecular flexibility index (Phi) is 4.77. The van der Waals surface area contributed by atoms with Gasteiger partial charge in [-0.2, -0.15) is 0 Å². The van der Waals surface area contributed by atoms with Crippen LogP contribution in [0.2, 0.25) is 0 Å². The first-order valence-corrected chi connectivity index (χ1v) is 8.48. The minimum absolute atomic E-state index is 0.396. The fraction of sp³-hybridized carbons (Fsp3) is 0.824. The third kappa shape index (κ3) is 3.63. The highest BCUT2D eigenvalue weighted by Gasteiger charge is 2.27. The van der Waals surface area contributed by atoms with Crippen LogP contribution in [0.4, 0.5) is 0 Å². The molecule has 3 aliphatic rings. The Labute approximate surface area is 123 Å². The van der Waals surface area contributed by atoms with E-state index in [1.54, 1.807) is 0 Å². The van der Waals surface area contributed by atoms with Crippen LogP contribution in [-0.2, 0) is 4.79 Å². The Morgan fingerprint density at radius 2 is 1.95 bits per heavy atom. The topological polar surface area (TPSA) is 23.6 Å². The van der Waals surface area contributed by atoms with Crippen LogP contribution < -0.4 is 0 Å². The van der Waals surface area contributed by atoms with E-state index in [1.807, 2.05) is 0 Å². The van der Waals surface area contributed by atoms with Crippen molar-refractivity contribution in [2.45, 2.75) is 44.9 Å². The Balaban J connectivity index is 1.46. The second kappa shape index (κ2) is 6.75. The summed E-state index contributed by atoms with van der Waals surface area (Å²) >= 11 is 0. The fourth-order valence-electron chi connectivity index (χ4n) is 3.99. The van der Waals surface area contributed by atoms with E-state index in [-0.39, 0.29) is 0 Å². The summed E-state index contributed by atoms with van der Waals surface area (Å²) in [7, 11) is 0. The van der Waals surface area contributed by atoms with E-state index in [1.165, 1.54) is 51.7 Å². The summed E-state index contributed by atoms with van der Waals surface area (Å²) in [6, 6.07) is 0. The quantitative estimate of drug-likeness (QED) is 0.737. The molecule has 2 saturated heterocycles. The number of nitrogens with zero attached hydrogens (tertiary/aromatic N) is 2. The van der Waals surface area contributed by atoms with Crippen molar-refractivity contribution >= 4 is 5.91 Å². The minimum Gasteiger partial charge on any atom is -0.342 e. The van der Waals surface area contributed by atoms with Crippen LogP contribution in [0.5, 0.6) is 0 Å². The number of amides is 1. The monoisotopic (exact) mass is 276 g/mol. The van der Waals surface area contributed by atoms with Crippen molar-refractivity contribution in [2.24, 2.45) is 11.8 Å². The first-order valence-electron chi connectivity index (χ1n) is 8.48. The van der Waals surface area contributed by atoms with Crippen LogP contribution in [-0.4, -0.2) is 48.4 Å². The molecule has 2 atom stereocenters. The largest absolute Gasteiger partial charge is 0.342 e. The molecule has 2 fully saturated rings. The molecule has 2 heterocycles. The summed E-state index contributed by atoms with van der Waals surface area (Å²) in [6.45, 7) is 5.76. The number of rotatable bonds is 4. The molecule has 112 valence electrons. The highest BCUT2D eigenvalue weighted by molar-refractivity contribution is 5.76. The lowest BCUT2D eigenvalue weighted by Crippen LogP contribution is -2.43. The standard InChI is InChI=1S/C17H28N2O/c20-17(12-15-6-1-2-7-15)19-11-5-8-16(14-19)13-18-9-3-4-10-18/h1,6,15-16H,2-5,7-14H2/t15-,16+/m0/s1. The van der Waals surface area contributed by atoms with Gasteiger partial charge in [-0.05, 0) is 63.5 Å². The average Bonchev–Trinajstić information content (AvgIpc) is 3.12. The number of carbonyl (C=O) groups is 1. The maximum atomic E-state index is 12.4. The molecule has 0 N–H and O–H groups in total. The van der Waals surface area contributed by atoms with Crippen LogP contribution in [0.1, 0.15) is 44.9 Å². The van der Waals surface area contributed by atoms with Crippen molar-refractivity contribution < 1.29 is 4.79 Å². The van der Waals surface area contributed by atoms with Gasteiger partial charge >= 0.3 is 0 Å². The summed E-state index contributed by atoms with van der Waals surface area (Å²) in [5.74, 6) is 1.62. The van der Waals surface area contributed by atoms with E-state index in [9.17, 15) is 4.79 Å². The third-order valence-corrected chi connectivity index (χ3v) is 5.14. The summed E-state index contributed by atoms with van der Waals surface area (Å²) in [6.07, 6.45) is 12.8. The normalized spacial score (nSPS) is 31.1. The number of piperidine rings is 1. The van der Waals surface area contributed by atoms with E-state index in [4.69, 9.17) is 0 Å². The van der Waals surface area contributed by atoms with Crippen LogP contribution in [0.3, 0.4) is 0 Å². The number of likely N-dealkylation sites (tertiary alicyclic amines) is 2. The fourth-order valence-corrected chi connectivity index (χ4v) is 3.99. The van der Waals surface area contributed by atoms with Crippen molar-refractivity contribution in [1.82, 2.24) is 9.80 Å². The van der Waals surface area contributed by atoms with Gasteiger partial charge in [-0.1, -0.05) is 12.2 Å². The van der Waals surface area contributed by atoms with Crippen LogP contribution >= 0.6 is 0 Å². The third-order valence-electron chi connectivity index (χ3n) is 5.14. The molecule has 0 radical (unpaired) electrons. The van der Waals surface area contributed by atoms with Gasteiger partial charge in [0, 0.05) is 26.1 Å². The lowest BCUT2D eigenvalue weighted by molar-refractivity contribution is -0.133. The van der Waals surface area contributed by atoms with E-state index in [2.05, 4.69) is 22.0 Å². The average molecular weight is 276 g/mol. The molecule has 3 rings (SSSR count). The highest BCUT2D eigenvalue weighted by Crippen LogP contribution is 2.24. The molecule has 0 saturated carbocycles. The molecule has 0 aromatic rings. The molecular formula is C17H28N2O. The molecule has 0 unspecified atom stereocenters. The van der Waals surface area contributed by atoms with Gasteiger partial charge in [0.05, 0.1) is 0 Å². The van der Waals surface area contributed by atoms with Gasteiger partial charge in [0.2, 0.25) is 5.91 Å². The Hall–Kier alpha value is -0.830. The molecule has 0 aromatic heterocycles. The van der Waals surface area contributed by atoms with Crippen molar-refractivity contribution in [1.29, 1.82) is 0 Å². The van der Waals surface area contributed by atoms with Gasteiger partial charge < -0.3 is 9.80 Å². The van der Waals surface area contributed by atoms with Gasteiger partial charge in [0.15, 0.2) is 0 Å². The van der Waals surface area contributed by atoms with Crippen molar-refractivity contribution in [3.8, 4) is 0 Å². The molecule has 0 aromatic carbocycles. The van der Waals surface area contributed by atoms with Gasteiger partial charge in [-0.3, -0.25) is 4.79 Å². The van der Waals surface area contributed by atoms with Crippen LogP contribution in [0.25, 0.3) is 0 Å². The minimum atomic E-state index is 0.396. The van der Waals surface area contributed by atoms with Gasteiger partial charge in [0.25, 0.3) is 0 Å². The SMILES string of the molecule is O=C(C[C@H]1C=CCC1)N1CCC[C@H](CN2CCCC2)C1. The van der Waals surface area contributed by atoms with Crippen LogP contribution in [0, 0.1) is 11.8 Å². The van der Waals surface area contributed by atoms with Crippen molar-refractivity contribution in [3.05, 3.63) is 12.2 Å². The van der Waals surface area contributed by atoms with E-state index < -0.39 is 0 Å². The molecule has 20 heavy (non-hydrogen) atoms. The van der Waals surface area contributed by atoms with Gasteiger partial charge in [-0.15, -0.1) is 0 Å². The van der Waals surface area contributed by atoms with Gasteiger partial charge in [0.1, 0.15) is 0 Å². The number of allylic oxidation sites excluding steroid dienone is 2. The zero-order valence-electron chi connectivity index (χ0n) is 12.6. The lowest BCUT2D eigenvalue weighted by atomic mass is 9.96. The molecule has 3 heteroatoms. The predicted molar refractivity (Wildman–Crippen MR) is 81.5 cm³/mol.